The number of hydrogen-bond donors (Lipinski definition) is 1. The number of amides is 1. The topological polar surface area (TPSA) is 123 Å². The minimum absolute atomic E-state index is 0.0270. The van der Waals surface area contributed by atoms with Gasteiger partial charge < -0.3 is 10.1 Å². The van der Waals surface area contributed by atoms with Crippen LogP contribution in [0.4, 0.5) is 24.5 Å². The maximum atomic E-state index is 12.7. The molecule has 158 valence electrons. The van der Waals surface area contributed by atoms with Gasteiger partial charge in [0, 0.05) is 18.3 Å². The van der Waals surface area contributed by atoms with Crippen molar-refractivity contribution >= 4 is 17.3 Å². The Morgan fingerprint density at radius 1 is 1.26 bits per heavy atom. The van der Waals surface area contributed by atoms with Crippen molar-refractivity contribution in [1.82, 2.24) is 9.78 Å². The lowest BCUT2D eigenvalue weighted by Gasteiger charge is -2.10. The molecule has 0 saturated carbocycles. The number of nitro groups is 1. The molecule has 3 aromatic rings. The number of nitriles is 1. The van der Waals surface area contributed by atoms with Crippen LogP contribution in [0.1, 0.15) is 21.6 Å². The molecular formula is C19H12F3N5O4. The van der Waals surface area contributed by atoms with E-state index in [4.69, 9.17) is 10.00 Å². The summed E-state index contributed by atoms with van der Waals surface area (Å²) in [7, 11) is 0. The number of ether oxygens (including phenoxy) is 1. The molecule has 1 amide bonds. The summed E-state index contributed by atoms with van der Waals surface area (Å²) in [6.07, 6.45) is -3.12. The molecule has 2 aromatic carbocycles. The van der Waals surface area contributed by atoms with Crippen LogP contribution in [0.25, 0.3) is 0 Å². The summed E-state index contributed by atoms with van der Waals surface area (Å²) in [4.78, 5) is 22.5. The molecule has 1 aromatic heterocycles. The smallest absolute Gasteiger partial charge is 0.416 e. The van der Waals surface area contributed by atoms with E-state index >= 15 is 0 Å². The number of rotatable bonds is 6. The zero-order valence-corrected chi connectivity index (χ0v) is 15.5. The molecular weight excluding hydrogens is 419 g/mol. The number of alkyl halides is 3. The molecule has 31 heavy (non-hydrogen) atoms. The number of aromatic nitrogens is 2. The van der Waals surface area contributed by atoms with Gasteiger partial charge in [-0.3, -0.25) is 14.9 Å². The highest BCUT2D eigenvalue weighted by Gasteiger charge is 2.30. The van der Waals surface area contributed by atoms with Crippen molar-refractivity contribution < 1.29 is 27.6 Å². The zero-order chi connectivity index (χ0) is 22.6. The largest absolute Gasteiger partial charge is 0.471 e. The van der Waals surface area contributed by atoms with Gasteiger partial charge in [-0.05, 0) is 30.3 Å². The number of benzene rings is 2. The van der Waals surface area contributed by atoms with Crippen molar-refractivity contribution in [2.45, 2.75) is 12.9 Å². The molecule has 0 aliphatic heterocycles. The number of nitrogens with zero attached hydrogens (tertiary/aromatic N) is 4. The van der Waals surface area contributed by atoms with Gasteiger partial charge in [0.05, 0.1) is 21.7 Å². The highest BCUT2D eigenvalue weighted by atomic mass is 19.4. The van der Waals surface area contributed by atoms with Crippen LogP contribution in [0.5, 0.6) is 5.75 Å². The maximum absolute atomic E-state index is 12.7. The first-order chi connectivity index (χ1) is 14.7. The minimum atomic E-state index is -4.50. The van der Waals surface area contributed by atoms with E-state index in [1.807, 2.05) is 0 Å². The van der Waals surface area contributed by atoms with Crippen LogP contribution < -0.4 is 10.1 Å². The van der Waals surface area contributed by atoms with Gasteiger partial charge in [0.15, 0.2) is 12.4 Å². The molecule has 0 radical (unpaired) electrons. The SMILES string of the molecule is N#Cc1cc([N+](=O)[O-])ccc1NC(=O)c1ccn(COc2cccc(C(F)(F)F)c2)n1. The molecule has 0 spiro atoms. The zero-order valence-electron chi connectivity index (χ0n) is 15.5. The first-order valence-electron chi connectivity index (χ1n) is 8.51. The summed E-state index contributed by atoms with van der Waals surface area (Å²) in [5.74, 6) is -0.718. The Bertz CT molecular complexity index is 1180. The van der Waals surface area contributed by atoms with Gasteiger partial charge in [-0.1, -0.05) is 6.07 Å². The number of anilines is 1. The predicted molar refractivity (Wildman–Crippen MR) is 100 cm³/mol. The molecule has 3 rings (SSSR count). The minimum Gasteiger partial charge on any atom is -0.471 e. The average Bonchev–Trinajstić information content (AvgIpc) is 3.21. The third-order valence-electron chi connectivity index (χ3n) is 3.98. The van der Waals surface area contributed by atoms with Crippen molar-refractivity contribution in [3.8, 4) is 11.8 Å². The molecule has 0 aliphatic rings. The number of halogens is 3. The normalized spacial score (nSPS) is 10.9. The van der Waals surface area contributed by atoms with Crippen LogP contribution >= 0.6 is 0 Å². The van der Waals surface area contributed by atoms with Gasteiger partial charge in [0.1, 0.15) is 11.8 Å². The van der Waals surface area contributed by atoms with E-state index in [1.54, 1.807) is 6.07 Å². The first kappa shape index (κ1) is 21.3. The van der Waals surface area contributed by atoms with Gasteiger partial charge in [-0.25, -0.2) is 4.68 Å². The Labute approximate surface area is 172 Å². The lowest BCUT2D eigenvalue weighted by Crippen LogP contribution is -2.15. The first-order valence-corrected chi connectivity index (χ1v) is 8.51. The third-order valence-corrected chi connectivity index (χ3v) is 3.98. The fraction of sp³-hybridized carbons (Fsp3) is 0.105. The average molecular weight is 431 g/mol. The van der Waals surface area contributed by atoms with Crippen molar-refractivity contribution in [3.63, 3.8) is 0 Å². The van der Waals surface area contributed by atoms with Crippen molar-refractivity contribution in [2.75, 3.05) is 5.32 Å². The summed E-state index contributed by atoms with van der Waals surface area (Å²) < 4.78 is 44.7. The van der Waals surface area contributed by atoms with Gasteiger partial charge >= 0.3 is 6.18 Å². The molecule has 1 heterocycles. The predicted octanol–water partition coefficient (Wildman–Crippen LogP) is 3.97. The summed E-state index contributed by atoms with van der Waals surface area (Å²) in [6.45, 7) is -0.254. The summed E-state index contributed by atoms with van der Waals surface area (Å²) >= 11 is 0. The Kier molecular flexibility index (Phi) is 5.87. The Balaban J connectivity index is 1.67. The monoisotopic (exact) mass is 431 g/mol. The van der Waals surface area contributed by atoms with E-state index in [0.29, 0.717) is 0 Å². The Morgan fingerprint density at radius 3 is 2.71 bits per heavy atom. The van der Waals surface area contributed by atoms with E-state index in [0.717, 1.165) is 24.3 Å². The van der Waals surface area contributed by atoms with Gasteiger partial charge in [-0.2, -0.15) is 23.5 Å². The van der Waals surface area contributed by atoms with Crippen molar-refractivity contribution in [1.29, 1.82) is 5.26 Å². The quantitative estimate of drug-likeness (QED) is 0.465. The van der Waals surface area contributed by atoms with E-state index in [9.17, 15) is 28.1 Å². The number of non-ortho nitro benzene ring substituents is 1. The second kappa shape index (κ2) is 8.54. The summed E-state index contributed by atoms with van der Waals surface area (Å²) in [5, 5.41) is 26.3. The number of hydrogen-bond acceptors (Lipinski definition) is 6. The van der Waals surface area contributed by atoms with Crippen molar-refractivity contribution in [3.05, 3.63) is 81.7 Å². The van der Waals surface area contributed by atoms with Crippen LogP contribution in [0, 0.1) is 21.4 Å². The third kappa shape index (κ3) is 5.15. The van der Waals surface area contributed by atoms with E-state index < -0.39 is 22.6 Å². The second-order valence-corrected chi connectivity index (χ2v) is 6.09. The molecule has 0 saturated heterocycles. The van der Waals surface area contributed by atoms with E-state index in [2.05, 4.69) is 10.4 Å². The standard InChI is InChI=1S/C19H12F3N5O4/c20-19(21,22)13-2-1-3-15(9-13)31-11-26-7-6-17(25-26)18(28)24-16-5-4-14(27(29)30)8-12(16)10-23/h1-9H,11H2,(H,24,28). The highest BCUT2D eigenvalue weighted by molar-refractivity contribution is 6.03. The molecule has 9 nitrogen and oxygen atoms in total. The Morgan fingerprint density at radius 2 is 2.03 bits per heavy atom. The molecule has 0 aliphatic carbocycles. The van der Waals surface area contributed by atoms with E-state index in [-0.39, 0.29) is 35.1 Å². The molecule has 0 unspecified atom stereocenters. The lowest BCUT2D eigenvalue weighted by molar-refractivity contribution is -0.384. The van der Waals surface area contributed by atoms with Crippen LogP contribution in [0.3, 0.4) is 0 Å². The van der Waals surface area contributed by atoms with Crippen LogP contribution in [0.2, 0.25) is 0 Å². The fourth-order valence-corrected chi connectivity index (χ4v) is 2.49. The Hall–Kier alpha value is -4.40. The fourth-order valence-electron chi connectivity index (χ4n) is 2.49. The number of nitrogens with one attached hydrogen (secondary N) is 1. The number of carbonyl (C=O) groups is 1. The summed E-state index contributed by atoms with van der Waals surface area (Å²) in [5.41, 5.74) is -1.26. The van der Waals surface area contributed by atoms with Crippen LogP contribution in [0.15, 0.2) is 54.7 Å². The molecule has 1 N–H and O–H groups in total. The van der Waals surface area contributed by atoms with Crippen LogP contribution in [-0.2, 0) is 12.9 Å². The van der Waals surface area contributed by atoms with Gasteiger partial charge in [0.2, 0.25) is 0 Å². The van der Waals surface area contributed by atoms with Gasteiger partial charge in [-0.15, -0.1) is 0 Å². The van der Waals surface area contributed by atoms with E-state index in [1.165, 1.54) is 35.1 Å². The number of nitro benzene ring substituents is 1. The van der Waals surface area contributed by atoms with Gasteiger partial charge in [0.25, 0.3) is 11.6 Å². The summed E-state index contributed by atoms with van der Waals surface area (Å²) in [6, 6.07) is 10.8. The van der Waals surface area contributed by atoms with Crippen molar-refractivity contribution in [2.24, 2.45) is 0 Å². The maximum Gasteiger partial charge on any atom is 0.416 e. The molecule has 12 heteroatoms. The lowest BCUT2D eigenvalue weighted by atomic mass is 10.1. The second-order valence-electron chi connectivity index (χ2n) is 6.09. The number of carbonyl (C=O) groups excluding carboxylic acids is 1. The molecule has 0 fully saturated rings. The molecule has 0 bridgehead atoms. The highest BCUT2D eigenvalue weighted by Crippen LogP contribution is 2.31. The molecule has 0 atom stereocenters. The van der Waals surface area contributed by atoms with Crippen LogP contribution in [-0.4, -0.2) is 20.6 Å².